The number of nitrogens with zero attached hydrogens (tertiary/aromatic N) is 4. The van der Waals surface area contributed by atoms with Crippen molar-refractivity contribution in [2.24, 2.45) is 0 Å². The van der Waals surface area contributed by atoms with Crippen LogP contribution in [0.1, 0.15) is 86.1 Å². The third-order valence-corrected chi connectivity index (χ3v) is 14.4. The lowest BCUT2D eigenvalue weighted by atomic mass is 9.70. The normalized spacial score (nSPS) is 14.8. The van der Waals surface area contributed by atoms with E-state index in [2.05, 4.69) is 205 Å². The minimum absolute atomic E-state index is 0.0163. The van der Waals surface area contributed by atoms with Gasteiger partial charge in [-0.1, -0.05) is 133 Å². The maximum atomic E-state index is 16.3. The SMILES string of the molecule is Cc1ccc(N(c2ccc(C(C)(C)C)cc2)c2ccc3c(c2)C2(c4ccccc4-c4ccc(F)cc42)c2cc(N(c4ccc(C(C)(C)C)cc4)c4ccc(C)cn4)c4c(oc5ccccc54)c2-3)nc1. The molecule has 1 atom stereocenters. The molecule has 7 aromatic carbocycles. The summed E-state index contributed by atoms with van der Waals surface area (Å²) in [5.74, 6) is 1.29. The van der Waals surface area contributed by atoms with Gasteiger partial charge in [-0.3, -0.25) is 9.80 Å². The van der Waals surface area contributed by atoms with Gasteiger partial charge < -0.3 is 4.42 Å². The number of hydrogen-bond acceptors (Lipinski definition) is 5. The quantitative estimate of drug-likeness (QED) is 0.166. The van der Waals surface area contributed by atoms with E-state index in [1.807, 2.05) is 24.5 Å². The van der Waals surface area contributed by atoms with Gasteiger partial charge >= 0.3 is 0 Å². The number of furan rings is 1. The standard InChI is InChI=1S/C63H53FN4O/c1-38-17-31-56(65-36-38)67(43-24-19-40(20-25-43)61(3,4)5)45-28-30-48-52(34-45)63(50-15-11-9-13-46(50)47-29-23-42(64)33-51(47)63)53-35-54(59-49-14-10-12-16-55(49)69-60(59)58(48)53)68(57-32-18-39(2)37-66-57)44-26-21-41(22-27-44)62(6,7)8/h9-37H,1-8H3. The number of para-hydroxylation sites is 1. The van der Waals surface area contributed by atoms with E-state index >= 15 is 4.39 Å². The van der Waals surface area contributed by atoms with Crippen LogP contribution in [-0.2, 0) is 16.2 Å². The van der Waals surface area contributed by atoms with Crippen LogP contribution in [0.3, 0.4) is 0 Å². The largest absolute Gasteiger partial charge is 0.455 e. The van der Waals surface area contributed by atoms with Crippen molar-refractivity contribution in [1.29, 1.82) is 0 Å². The summed E-state index contributed by atoms with van der Waals surface area (Å²) in [5.41, 5.74) is 17.2. The Balaban J connectivity index is 1.20. The van der Waals surface area contributed by atoms with Crippen LogP contribution in [-0.4, -0.2) is 9.97 Å². The number of anilines is 6. The first-order chi connectivity index (χ1) is 33.2. The Morgan fingerprint density at radius 2 is 1.04 bits per heavy atom. The molecule has 3 heterocycles. The number of hydrogen-bond donors (Lipinski definition) is 0. The predicted molar refractivity (Wildman–Crippen MR) is 282 cm³/mol. The van der Waals surface area contributed by atoms with Gasteiger partial charge in [-0.25, -0.2) is 14.4 Å². The van der Waals surface area contributed by atoms with Gasteiger partial charge in [-0.15, -0.1) is 0 Å². The second-order valence-corrected chi connectivity index (χ2v) is 21.0. The van der Waals surface area contributed by atoms with Crippen molar-refractivity contribution in [3.8, 4) is 22.3 Å². The Hall–Kier alpha value is -7.83. The van der Waals surface area contributed by atoms with E-state index in [-0.39, 0.29) is 16.6 Å². The van der Waals surface area contributed by atoms with Gasteiger partial charge in [-0.05, 0) is 159 Å². The summed E-state index contributed by atoms with van der Waals surface area (Å²) in [5, 5.41) is 1.98. The first kappa shape index (κ1) is 42.5. The molecule has 10 aromatic rings. The highest BCUT2D eigenvalue weighted by Crippen LogP contribution is 2.66. The molecule has 0 radical (unpaired) electrons. The summed E-state index contributed by atoms with van der Waals surface area (Å²) < 4.78 is 23.5. The minimum Gasteiger partial charge on any atom is -0.455 e. The van der Waals surface area contributed by atoms with Crippen molar-refractivity contribution in [3.05, 3.63) is 227 Å². The second kappa shape index (κ2) is 15.3. The third-order valence-electron chi connectivity index (χ3n) is 14.4. The number of pyridine rings is 2. The van der Waals surface area contributed by atoms with Crippen LogP contribution in [0.4, 0.5) is 38.8 Å². The molecule has 0 bridgehead atoms. The molecule has 0 saturated heterocycles. The maximum absolute atomic E-state index is 16.3. The van der Waals surface area contributed by atoms with Crippen LogP contribution in [0, 0.1) is 19.7 Å². The fraction of sp³-hybridized carbons (Fsp3) is 0.175. The zero-order chi connectivity index (χ0) is 47.6. The molecule has 2 aliphatic carbocycles. The van der Waals surface area contributed by atoms with Crippen molar-refractivity contribution < 1.29 is 8.81 Å². The first-order valence-corrected chi connectivity index (χ1v) is 23.9. The topological polar surface area (TPSA) is 45.4 Å². The van der Waals surface area contributed by atoms with Crippen LogP contribution < -0.4 is 9.80 Å². The fourth-order valence-corrected chi connectivity index (χ4v) is 11.0. The van der Waals surface area contributed by atoms with Gasteiger partial charge in [0.1, 0.15) is 28.6 Å². The van der Waals surface area contributed by atoms with Crippen LogP contribution in [0.25, 0.3) is 44.2 Å². The minimum atomic E-state index is -0.957. The monoisotopic (exact) mass is 900 g/mol. The Morgan fingerprint density at radius 3 is 1.68 bits per heavy atom. The van der Waals surface area contributed by atoms with Gasteiger partial charge in [0.05, 0.1) is 16.5 Å². The Bertz CT molecular complexity index is 3650. The highest BCUT2D eigenvalue weighted by molar-refractivity contribution is 6.19. The average Bonchev–Trinajstić information content (AvgIpc) is 3.97. The third kappa shape index (κ3) is 6.56. The number of aryl methyl sites for hydroxylation is 2. The molecule has 0 aliphatic heterocycles. The van der Waals surface area contributed by atoms with E-state index in [9.17, 15) is 0 Å². The smallest absolute Gasteiger partial charge is 0.145 e. The summed E-state index contributed by atoms with van der Waals surface area (Å²) in [6.07, 6.45) is 3.86. The molecule has 1 unspecified atom stereocenters. The van der Waals surface area contributed by atoms with Gasteiger partial charge in [0.25, 0.3) is 0 Å². The van der Waals surface area contributed by atoms with Gasteiger partial charge in [0.15, 0.2) is 0 Å². The van der Waals surface area contributed by atoms with E-state index in [1.165, 1.54) is 11.1 Å². The fourth-order valence-electron chi connectivity index (χ4n) is 11.0. The summed E-state index contributed by atoms with van der Waals surface area (Å²) >= 11 is 0. The number of fused-ring (bicyclic) bond motifs is 14. The summed E-state index contributed by atoms with van der Waals surface area (Å²) in [4.78, 5) is 14.7. The van der Waals surface area contributed by atoms with Gasteiger partial charge in [0.2, 0.25) is 0 Å². The second-order valence-electron chi connectivity index (χ2n) is 21.0. The molecule has 2 aliphatic rings. The Morgan fingerprint density at radius 1 is 0.493 bits per heavy atom. The summed E-state index contributed by atoms with van der Waals surface area (Å²) in [6, 6.07) is 57.5. The number of rotatable bonds is 6. The molecule has 5 nitrogen and oxygen atoms in total. The van der Waals surface area contributed by atoms with Crippen molar-refractivity contribution >= 4 is 56.3 Å². The molecule has 0 N–H and O–H groups in total. The number of aromatic nitrogens is 2. The molecule has 3 aromatic heterocycles. The van der Waals surface area contributed by atoms with Gasteiger partial charge in [0, 0.05) is 40.4 Å². The molecular formula is C63H53FN4O. The molecule has 12 rings (SSSR count). The lowest BCUT2D eigenvalue weighted by Gasteiger charge is -2.33. The van der Waals surface area contributed by atoms with E-state index in [0.29, 0.717) is 0 Å². The van der Waals surface area contributed by atoms with Crippen LogP contribution >= 0.6 is 0 Å². The Labute approximate surface area is 403 Å². The highest BCUT2D eigenvalue weighted by atomic mass is 19.1. The molecule has 338 valence electrons. The average molecular weight is 901 g/mol. The van der Waals surface area contributed by atoms with E-state index in [1.54, 1.807) is 12.1 Å². The molecule has 6 heteroatoms. The molecule has 0 fully saturated rings. The molecule has 1 spiro atoms. The van der Waals surface area contributed by atoms with Gasteiger partial charge in [-0.2, -0.15) is 0 Å². The Kier molecular flexibility index (Phi) is 9.46. The van der Waals surface area contributed by atoms with Crippen LogP contribution in [0.15, 0.2) is 181 Å². The van der Waals surface area contributed by atoms with E-state index < -0.39 is 5.41 Å². The lowest BCUT2D eigenvalue weighted by molar-refractivity contribution is 0.590. The first-order valence-electron chi connectivity index (χ1n) is 23.9. The zero-order valence-electron chi connectivity index (χ0n) is 40.3. The molecule has 0 saturated carbocycles. The van der Waals surface area contributed by atoms with Crippen molar-refractivity contribution in [2.75, 3.05) is 9.80 Å². The van der Waals surface area contributed by atoms with E-state index in [0.717, 1.165) is 112 Å². The summed E-state index contributed by atoms with van der Waals surface area (Å²) in [6.45, 7) is 17.6. The highest BCUT2D eigenvalue weighted by Gasteiger charge is 2.53. The summed E-state index contributed by atoms with van der Waals surface area (Å²) in [7, 11) is 0. The zero-order valence-corrected chi connectivity index (χ0v) is 40.3. The molecule has 69 heavy (non-hydrogen) atoms. The van der Waals surface area contributed by atoms with Crippen LogP contribution in [0.2, 0.25) is 0 Å². The van der Waals surface area contributed by atoms with Crippen molar-refractivity contribution in [1.82, 2.24) is 9.97 Å². The predicted octanol–water partition coefficient (Wildman–Crippen LogP) is 17.0. The maximum Gasteiger partial charge on any atom is 0.145 e. The van der Waals surface area contributed by atoms with Crippen LogP contribution in [0.5, 0.6) is 0 Å². The van der Waals surface area contributed by atoms with E-state index in [4.69, 9.17) is 14.4 Å². The molecule has 0 amide bonds. The van der Waals surface area contributed by atoms with Crippen molar-refractivity contribution in [2.45, 2.75) is 71.6 Å². The number of halogens is 1. The van der Waals surface area contributed by atoms with Crippen molar-refractivity contribution in [3.63, 3.8) is 0 Å². The number of benzene rings is 7. The lowest BCUT2D eigenvalue weighted by Crippen LogP contribution is -2.27. The molecular weight excluding hydrogens is 848 g/mol.